The molecule has 1 amide bonds. The van der Waals surface area contributed by atoms with Crippen LogP contribution < -0.4 is 14.8 Å². The number of hydrogen-bond acceptors (Lipinski definition) is 7. The Labute approximate surface area is 175 Å². The van der Waals surface area contributed by atoms with Gasteiger partial charge in [0.25, 0.3) is 11.6 Å². The van der Waals surface area contributed by atoms with Crippen molar-refractivity contribution in [2.75, 3.05) is 19.0 Å². The number of nitro benzene ring substituents is 1. The van der Waals surface area contributed by atoms with Crippen molar-refractivity contribution >= 4 is 28.1 Å². The molecule has 0 unspecified atom stereocenters. The molecule has 8 nitrogen and oxygen atoms in total. The maximum Gasteiger partial charge on any atom is 0.286 e. The van der Waals surface area contributed by atoms with Gasteiger partial charge in [0.1, 0.15) is 11.4 Å². The van der Waals surface area contributed by atoms with E-state index >= 15 is 0 Å². The lowest BCUT2D eigenvalue weighted by Crippen LogP contribution is -2.14. The Morgan fingerprint density at radius 2 is 2.07 bits per heavy atom. The van der Waals surface area contributed by atoms with E-state index in [0.29, 0.717) is 18.6 Å². The van der Waals surface area contributed by atoms with Crippen LogP contribution in [-0.2, 0) is 6.42 Å². The van der Waals surface area contributed by atoms with E-state index in [2.05, 4.69) is 10.3 Å². The predicted octanol–water partition coefficient (Wildman–Crippen LogP) is 4.44. The summed E-state index contributed by atoms with van der Waals surface area (Å²) in [6, 6.07) is 8.80. The van der Waals surface area contributed by atoms with E-state index in [1.807, 2.05) is 0 Å². The lowest BCUT2D eigenvalue weighted by molar-refractivity contribution is -0.385. The quantitative estimate of drug-likeness (QED) is 0.418. The number of anilines is 1. The number of nitro groups is 1. The largest absolute Gasteiger partial charge is 0.493 e. The molecule has 0 aliphatic rings. The number of methoxy groups -OCH3 is 1. The zero-order valence-corrected chi connectivity index (χ0v) is 17.0. The fraction of sp³-hybridized carbons (Fsp3) is 0.200. The standard InChI is InChI=1S/C20H18FN3O5S/c1-3-29-18-9-14(16(24(26)27)10-17(18)28-2)19(25)23-20-22-11-13(30-20)8-12-6-4-5-7-15(12)21/h4-7,9-11H,3,8H2,1-2H3,(H,22,23,25). The molecule has 0 aliphatic heterocycles. The Morgan fingerprint density at radius 3 is 2.73 bits per heavy atom. The molecule has 0 atom stereocenters. The van der Waals surface area contributed by atoms with E-state index in [0.717, 1.165) is 22.3 Å². The van der Waals surface area contributed by atoms with Crippen molar-refractivity contribution < 1.29 is 23.6 Å². The molecule has 0 aliphatic carbocycles. The predicted molar refractivity (Wildman–Crippen MR) is 110 cm³/mol. The molecule has 2 aromatic carbocycles. The minimum absolute atomic E-state index is 0.154. The van der Waals surface area contributed by atoms with Gasteiger partial charge in [-0.25, -0.2) is 9.37 Å². The summed E-state index contributed by atoms with van der Waals surface area (Å²) in [7, 11) is 1.36. The Bertz CT molecular complexity index is 1090. The molecule has 0 fully saturated rings. The third kappa shape index (κ3) is 4.71. The zero-order chi connectivity index (χ0) is 21.7. The van der Waals surface area contributed by atoms with Crippen LogP contribution in [0.2, 0.25) is 0 Å². The number of nitrogens with one attached hydrogen (secondary N) is 1. The van der Waals surface area contributed by atoms with Crippen LogP contribution in [0, 0.1) is 15.9 Å². The third-order valence-corrected chi connectivity index (χ3v) is 5.03. The Morgan fingerprint density at radius 1 is 1.30 bits per heavy atom. The van der Waals surface area contributed by atoms with E-state index < -0.39 is 16.5 Å². The Hall–Kier alpha value is -3.53. The second-order valence-corrected chi connectivity index (χ2v) is 7.18. The first-order chi connectivity index (χ1) is 14.4. The summed E-state index contributed by atoms with van der Waals surface area (Å²) in [5.41, 5.74) is -0.0998. The highest BCUT2D eigenvalue weighted by molar-refractivity contribution is 7.15. The van der Waals surface area contributed by atoms with Gasteiger partial charge in [-0.2, -0.15) is 0 Å². The first-order valence-electron chi connectivity index (χ1n) is 8.91. The SMILES string of the molecule is CCOc1cc(C(=O)Nc2ncc(Cc3ccccc3F)s2)c([N+](=O)[O-])cc1OC. The molecular weight excluding hydrogens is 413 g/mol. The van der Waals surface area contributed by atoms with Gasteiger partial charge in [-0.05, 0) is 18.6 Å². The maximum atomic E-state index is 13.8. The molecule has 0 saturated carbocycles. The monoisotopic (exact) mass is 431 g/mol. The third-order valence-electron chi connectivity index (χ3n) is 4.12. The molecule has 0 bridgehead atoms. The van der Waals surface area contributed by atoms with Gasteiger partial charge in [-0.3, -0.25) is 20.2 Å². The summed E-state index contributed by atoms with van der Waals surface area (Å²) in [5.74, 6) is -0.664. The Kier molecular flexibility index (Phi) is 6.58. The van der Waals surface area contributed by atoms with Gasteiger partial charge in [0.2, 0.25) is 0 Å². The van der Waals surface area contributed by atoms with Crippen molar-refractivity contribution in [1.82, 2.24) is 4.98 Å². The summed E-state index contributed by atoms with van der Waals surface area (Å²) < 4.78 is 24.3. The molecular formula is C20H18FN3O5S. The van der Waals surface area contributed by atoms with Crippen LogP contribution in [0.3, 0.4) is 0 Å². The summed E-state index contributed by atoms with van der Waals surface area (Å²) in [6.07, 6.45) is 1.85. The van der Waals surface area contributed by atoms with Gasteiger partial charge in [0.15, 0.2) is 16.6 Å². The van der Waals surface area contributed by atoms with E-state index in [4.69, 9.17) is 9.47 Å². The van der Waals surface area contributed by atoms with Crippen LogP contribution in [0.25, 0.3) is 0 Å². The number of nitrogens with zero attached hydrogens (tertiary/aromatic N) is 2. The highest BCUT2D eigenvalue weighted by Crippen LogP contribution is 2.35. The van der Waals surface area contributed by atoms with Gasteiger partial charge in [-0.1, -0.05) is 18.2 Å². The average molecular weight is 431 g/mol. The van der Waals surface area contributed by atoms with Crippen molar-refractivity contribution in [1.29, 1.82) is 0 Å². The number of rotatable bonds is 8. The van der Waals surface area contributed by atoms with Crippen LogP contribution >= 0.6 is 11.3 Å². The number of carbonyl (C=O) groups is 1. The molecule has 10 heteroatoms. The van der Waals surface area contributed by atoms with Crippen LogP contribution in [0.15, 0.2) is 42.6 Å². The van der Waals surface area contributed by atoms with E-state index in [1.54, 1.807) is 25.1 Å². The molecule has 156 valence electrons. The van der Waals surface area contributed by atoms with Crippen LogP contribution in [0.1, 0.15) is 27.7 Å². The van der Waals surface area contributed by atoms with Crippen molar-refractivity contribution in [3.8, 4) is 11.5 Å². The molecule has 0 radical (unpaired) electrons. The zero-order valence-electron chi connectivity index (χ0n) is 16.2. The summed E-state index contributed by atoms with van der Waals surface area (Å²) >= 11 is 1.16. The lowest BCUT2D eigenvalue weighted by Gasteiger charge is -2.11. The highest BCUT2D eigenvalue weighted by atomic mass is 32.1. The van der Waals surface area contributed by atoms with Gasteiger partial charge in [0.05, 0.1) is 24.7 Å². The smallest absolute Gasteiger partial charge is 0.286 e. The molecule has 3 aromatic rings. The van der Waals surface area contributed by atoms with Crippen molar-refractivity contribution in [2.45, 2.75) is 13.3 Å². The number of thiazole rings is 1. The van der Waals surface area contributed by atoms with Gasteiger partial charge in [0, 0.05) is 23.6 Å². The highest BCUT2D eigenvalue weighted by Gasteiger charge is 2.25. The van der Waals surface area contributed by atoms with Crippen LogP contribution in [-0.4, -0.2) is 29.5 Å². The van der Waals surface area contributed by atoms with Crippen molar-refractivity contribution in [3.05, 3.63) is 74.5 Å². The number of benzene rings is 2. The van der Waals surface area contributed by atoms with Crippen molar-refractivity contribution in [3.63, 3.8) is 0 Å². The number of aromatic nitrogens is 1. The first-order valence-corrected chi connectivity index (χ1v) is 9.73. The Balaban J connectivity index is 1.84. The molecule has 0 spiro atoms. The fourth-order valence-corrected chi connectivity index (χ4v) is 3.58. The normalized spacial score (nSPS) is 10.5. The second kappa shape index (κ2) is 9.31. The summed E-state index contributed by atoms with van der Waals surface area (Å²) in [6.45, 7) is 2.04. The number of ether oxygens (including phenoxy) is 2. The average Bonchev–Trinajstić information content (AvgIpc) is 3.16. The van der Waals surface area contributed by atoms with Crippen molar-refractivity contribution in [2.24, 2.45) is 0 Å². The van der Waals surface area contributed by atoms with Gasteiger partial charge in [-0.15, -0.1) is 11.3 Å². The molecule has 1 aromatic heterocycles. The van der Waals surface area contributed by atoms with E-state index in [1.165, 1.54) is 25.4 Å². The fourth-order valence-electron chi connectivity index (χ4n) is 2.75. The maximum absolute atomic E-state index is 13.8. The molecule has 30 heavy (non-hydrogen) atoms. The number of halogens is 1. The van der Waals surface area contributed by atoms with Gasteiger partial charge < -0.3 is 9.47 Å². The number of carbonyl (C=O) groups excluding carboxylic acids is 1. The molecule has 1 N–H and O–H groups in total. The lowest BCUT2D eigenvalue weighted by atomic mass is 10.1. The van der Waals surface area contributed by atoms with Crippen LogP contribution in [0.4, 0.5) is 15.2 Å². The van der Waals surface area contributed by atoms with Crippen LogP contribution in [0.5, 0.6) is 11.5 Å². The topological polar surface area (TPSA) is 104 Å². The molecule has 3 rings (SSSR count). The summed E-state index contributed by atoms with van der Waals surface area (Å²) in [4.78, 5) is 28.3. The second-order valence-electron chi connectivity index (χ2n) is 6.06. The minimum Gasteiger partial charge on any atom is -0.493 e. The van der Waals surface area contributed by atoms with Gasteiger partial charge >= 0.3 is 0 Å². The van der Waals surface area contributed by atoms with E-state index in [-0.39, 0.29) is 28.0 Å². The van der Waals surface area contributed by atoms with E-state index in [9.17, 15) is 19.3 Å². The molecule has 0 saturated heterocycles. The first kappa shape index (κ1) is 21.2. The number of hydrogen-bond donors (Lipinski definition) is 1. The number of amides is 1. The minimum atomic E-state index is -0.711. The molecule has 1 heterocycles. The summed E-state index contributed by atoms with van der Waals surface area (Å²) in [5, 5.41) is 14.2.